The number of aryl methyl sites for hydroxylation is 1. The van der Waals surface area contributed by atoms with Crippen LogP contribution in [0.5, 0.6) is 5.75 Å². The van der Waals surface area contributed by atoms with Gasteiger partial charge in [-0.1, -0.05) is 48.6 Å². The molecule has 0 bridgehead atoms. The first-order chi connectivity index (χ1) is 17.1. The Balaban J connectivity index is 1.62. The van der Waals surface area contributed by atoms with Gasteiger partial charge < -0.3 is 14.0 Å². The Hall–Kier alpha value is -3.31. The number of esters is 1. The molecule has 4 nitrogen and oxygen atoms in total. The van der Waals surface area contributed by atoms with Crippen LogP contribution < -0.4 is 4.74 Å². The Morgan fingerprint density at radius 3 is 2.71 bits per heavy atom. The van der Waals surface area contributed by atoms with Crippen LogP contribution in [-0.4, -0.2) is 29.6 Å². The Labute approximate surface area is 209 Å². The monoisotopic (exact) mass is 493 g/mol. The molecule has 0 N–H and O–H groups in total. The van der Waals surface area contributed by atoms with Crippen molar-refractivity contribution in [2.75, 3.05) is 19.1 Å². The van der Waals surface area contributed by atoms with Gasteiger partial charge in [0.05, 0.1) is 13.2 Å². The van der Waals surface area contributed by atoms with Crippen LogP contribution in [-0.2, 0) is 11.3 Å². The van der Waals surface area contributed by atoms with E-state index < -0.39 is 5.97 Å². The van der Waals surface area contributed by atoms with E-state index in [0.717, 1.165) is 34.9 Å². The SMILES string of the molecule is CCOC(=O)c1c(C=CCCCCl)c2cc(F)ccc2n1CCCOc1cccc2ccccc12. The molecule has 0 aliphatic heterocycles. The van der Waals surface area contributed by atoms with Gasteiger partial charge in [-0.3, -0.25) is 0 Å². The van der Waals surface area contributed by atoms with E-state index in [2.05, 4.69) is 12.1 Å². The van der Waals surface area contributed by atoms with Crippen LogP contribution in [0.3, 0.4) is 0 Å². The fraction of sp³-hybridized carbons (Fsp3) is 0.276. The highest BCUT2D eigenvalue weighted by molar-refractivity contribution is 6.17. The molecule has 0 atom stereocenters. The number of hydrogen-bond acceptors (Lipinski definition) is 3. The van der Waals surface area contributed by atoms with Gasteiger partial charge in [0.15, 0.2) is 0 Å². The highest BCUT2D eigenvalue weighted by Crippen LogP contribution is 2.30. The quantitative estimate of drug-likeness (QED) is 0.123. The third-order valence-electron chi connectivity index (χ3n) is 5.86. The number of allylic oxidation sites excluding steroid dienone is 1. The van der Waals surface area contributed by atoms with Gasteiger partial charge in [0.2, 0.25) is 0 Å². The van der Waals surface area contributed by atoms with Crippen molar-refractivity contribution < 1.29 is 18.7 Å². The van der Waals surface area contributed by atoms with Crippen LogP contribution in [0.1, 0.15) is 42.2 Å². The van der Waals surface area contributed by atoms with Crippen LogP contribution in [0.2, 0.25) is 0 Å². The average molecular weight is 494 g/mol. The van der Waals surface area contributed by atoms with Gasteiger partial charge in [-0.05, 0) is 55.8 Å². The lowest BCUT2D eigenvalue weighted by molar-refractivity contribution is 0.0513. The van der Waals surface area contributed by atoms with Crippen molar-refractivity contribution in [2.45, 2.75) is 32.7 Å². The topological polar surface area (TPSA) is 40.5 Å². The summed E-state index contributed by atoms with van der Waals surface area (Å²) in [7, 11) is 0. The Kier molecular flexibility index (Phi) is 8.43. The van der Waals surface area contributed by atoms with Gasteiger partial charge in [0.1, 0.15) is 17.3 Å². The average Bonchev–Trinajstić information content (AvgIpc) is 3.17. The number of carbonyl (C=O) groups excluding carboxylic acids is 1. The third-order valence-corrected chi connectivity index (χ3v) is 6.12. The molecule has 0 saturated carbocycles. The zero-order valence-electron chi connectivity index (χ0n) is 19.8. The predicted molar refractivity (Wildman–Crippen MR) is 141 cm³/mol. The number of aromatic nitrogens is 1. The number of carbonyl (C=O) groups is 1. The van der Waals surface area contributed by atoms with E-state index in [0.29, 0.717) is 42.1 Å². The standard InChI is InChI=1S/C29H29ClFNO3/c1-2-34-29(33)28-24(13-4-3-7-17-30)25-20-22(31)15-16-26(25)32(28)18-9-19-35-27-14-8-11-21-10-5-6-12-23(21)27/h4-6,8,10-16,20H,2-3,7,9,17-19H2,1H3. The summed E-state index contributed by atoms with van der Waals surface area (Å²) in [6.07, 6.45) is 6.10. The van der Waals surface area contributed by atoms with Crippen molar-refractivity contribution in [3.63, 3.8) is 0 Å². The van der Waals surface area contributed by atoms with Crippen LogP contribution in [0.4, 0.5) is 4.39 Å². The fourth-order valence-electron chi connectivity index (χ4n) is 4.30. The molecule has 0 radical (unpaired) electrons. The number of benzene rings is 3. The predicted octanol–water partition coefficient (Wildman–Crippen LogP) is 7.61. The van der Waals surface area contributed by atoms with E-state index in [1.807, 2.05) is 47.1 Å². The minimum Gasteiger partial charge on any atom is -0.493 e. The van der Waals surface area contributed by atoms with Crippen LogP contribution >= 0.6 is 11.6 Å². The Morgan fingerprint density at radius 2 is 1.89 bits per heavy atom. The summed E-state index contributed by atoms with van der Waals surface area (Å²) in [6.45, 7) is 3.03. The zero-order valence-corrected chi connectivity index (χ0v) is 20.6. The molecule has 0 unspecified atom stereocenters. The van der Waals surface area contributed by atoms with Crippen molar-refractivity contribution in [1.29, 1.82) is 0 Å². The number of fused-ring (bicyclic) bond motifs is 2. The molecular formula is C29H29ClFNO3. The molecule has 6 heteroatoms. The van der Waals surface area contributed by atoms with Crippen molar-refractivity contribution >= 4 is 45.3 Å². The maximum Gasteiger partial charge on any atom is 0.355 e. The summed E-state index contributed by atoms with van der Waals surface area (Å²) >= 11 is 5.80. The number of unbranched alkanes of at least 4 members (excludes halogenated alkanes) is 1. The molecule has 4 rings (SSSR count). The van der Waals surface area contributed by atoms with Crippen molar-refractivity contribution in [1.82, 2.24) is 4.57 Å². The van der Waals surface area contributed by atoms with Gasteiger partial charge in [-0.25, -0.2) is 9.18 Å². The van der Waals surface area contributed by atoms with Gasteiger partial charge in [-0.15, -0.1) is 11.6 Å². The van der Waals surface area contributed by atoms with Crippen LogP contribution in [0.25, 0.3) is 27.8 Å². The lowest BCUT2D eigenvalue weighted by atomic mass is 10.1. The maximum atomic E-state index is 14.2. The molecule has 0 fully saturated rings. The first-order valence-electron chi connectivity index (χ1n) is 12.0. The first-order valence-corrected chi connectivity index (χ1v) is 12.5. The number of halogens is 2. The van der Waals surface area contributed by atoms with E-state index in [1.165, 1.54) is 12.1 Å². The molecule has 0 amide bonds. The van der Waals surface area contributed by atoms with E-state index in [4.69, 9.17) is 21.1 Å². The van der Waals surface area contributed by atoms with Crippen LogP contribution in [0.15, 0.2) is 66.7 Å². The first kappa shape index (κ1) is 24.8. The number of ether oxygens (including phenoxy) is 2. The molecule has 4 aromatic rings. The summed E-state index contributed by atoms with van der Waals surface area (Å²) in [4.78, 5) is 13.0. The van der Waals surface area contributed by atoms with Gasteiger partial charge in [-0.2, -0.15) is 0 Å². The molecule has 1 heterocycles. The van der Waals surface area contributed by atoms with Gasteiger partial charge >= 0.3 is 5.97 Å². The number of nitrogens with zero attached hydrogens (tertiary/aromatic N) is 1. The lowest BCUT2D eigenvalue weighted by Crippen LogP contribution is -2.15. The second kappa shape index (κ2) is 11.9. The molecular weight excluding hydrogens is 465 g/mol. The smallest absolute Gasteiger partial charge is 0.355 e. The summed E-state index contributed by atoms with van der Waals surface area (Å²) in [5, 5.41) is 2.87. The summed E-state index contributed by atoms with van der Waals surface area (Å²) in [6, 6.07) is 18.7. The maximum absolute atomic E-state index is 14.2. The molecule has 35 heavy (non-hydrogen) atoms. The second-order valence-electron chi connectivity index (χ2n) is 8.21. The highest BCUT2D eigenvalue weighted by atomic mass is 35.5. The van der Waals surface area contributed by atoms with Gasteiger partial charge in [0, 0.05) is 34.3 Å². The Bertz CT molecular complexity index is 1340. The summed E-state index contributed by atoms with van der Waals surface area (Å²) in [5.41, 5.74) is 1.89. The van der Waals surface area contributed by atoms with E-state index in [9.17, 15) is 9.18 Å². The minimum absolute atomic E-state index is 0.258. The van der Waals surface area contributed by atoms with E-state index >= 15 is 0 Å². The van der Waals surface area contributed by atoms with Crippen molar-refractivity contribution in [2.24, 2.45) is 0 Å². The van der Waals surface area contributed by atoms with Crippen molar-refractivity contribution in [3.05, 3.63) is 83.8 Å². The van der Waals surface area contributed by atoms with E-state index in [1.54, 1.807) is 13.0 Å². The van der Waals surface area contributed by atoms with Crippen molar-refractivity contribution in [3.8, 4) is 5.75 Å². The van der Waals surface area contributed by atoms with Crippen LogP contribution in [0, 0.1) is 5.82 Å². The normalized spacial score (nSPS) is 11.5. The van der Waals surface area contributed by atoms with Gasteiger partial charge in [0.25, 0.3) is 0 Å². The minimum atomic E-state index is -0.420. The molecule has 182 valence electrons. The molecule has 0 aliphatic rings. The Morgan fingerprint density at radius 1 is 1.06 bits per heavy atom. The zero-order chi connectivity index (χ0) is 24.6. The summed E-state index contributed by atoms with van der Waals surface area (Å²) < 4.78 is 27.6. The lowest BCUT2D eigenvalue weighted by Gasteiger charge is -2.13. The molecule has 0 aliphatic carbocycles. The highest BCUT2D eigenvalue weighted by Gasteiger charge is 2.23. The molecule has 3 aromatic carbocycles. The molecule has 0 saturated heterocycles. The number of hydrogen-bond donors (Lipinski definition) is 0. The molecule has 0 spiro atoms. The van der Waals surface area contributed by atoms with E-state index in [-0.39, 0.29) is 12.4 Å². The summed E-state index contributed by atoms with van der Waals surface area (Å²) in [5.74, 6) is 0.620. The second-order valence-corrected chi connectivity index (χ2v) is 8.59. The molecule has 1 aromatic heterocycles. The third kappa shape index (κ3) is 5.68. The number of rotatable bonds is 11. The largest absolute Gasteiger partial charge is 0.493 e. The number of alkyl halides is 1. The fourth-order valence-corrected chi connectivity index (χ4v) is 4.45.